The predicted molar refractivity (Wildman–Crippen MR) is 65.1 cm³/mol. The van der Waals surface area contributed by atoms with E-state index < -0.39 is 0 Å². The maximum Gasteiger partial charge on any atom is 0.154 e. The SMILES string of the molecule is Cc1nc2n(n1)-c1ccnc(N)c1N(C)[C@H]2C. The number of rotatable bonds is 0. The highest BCUT2D eigenvalue weighted by Crippen LogP contribution is 2.38. The van der Waals surface area contributed by atoms with Crippen LogP contribution in [0.5, 0.6) is 0 Å². The van der Waals surface area contributed by atoms with E-state index >= 15 is 0 Å². The third-order valence-electron chi connectivity index (χ3n) is 3.20. The zero-order chi connectivity index (χ0) is 12.2. The minimum absolute atomic E-state index is 0.134. The predicted octanol–water partition coefficient (Wildman–Crippen LogP) is 1.06. The van der Waals surface area contributed by atoms with Crippen LogP contribution in [0.15, 0.2) is 12.3 Å². The molecule has 0 spiro atoms. The van der Waals surface area contributed by atoms with Gasteiger partial charge in [0.25, 0.3) is 0 Å². The number of aromatic nitrogens is 4. The van der Waals surface area contributed by atoms with Crippen LogP contribution in [0.2, 0.25) is 0 Å². The lowest BCUT2D eigenvalue weighted by Gasteiger charge is -2.33. The highest BCUT2D eigenvalue weighted by atomic mass is 15.4. The molecular weight excluding hydrogens is 216 g/mol. The number of fused-ring (bicyclic) bond motifs is 3. The number of nitrogens with zero attached hydrogens (tertiary/aromatic N) is 5. The van der Waals surface area contributed by atoms with Gasteiger partial charge >= 0.3 is 0 Å². The third-order valence-corrected chi connectivity index (χ3v) is 3.20. The molecule has 0 saturated carbocycles. The Morgan fingerprint density at radius 3 is 2.94 bits per heavy atom. The molecule has 1 atom stereocenters. The maximum absolute atomic E-state index is 5.94. The van der Waals surface area contributed by atoms with Gasteiger partial charge in [0.1, 0.15) is 17.3 Å². The Morgan fingerprint density at radius 2 is 2.18 bits per heavy atom. The molecule has 0 unspecified atom stereocenters. The van der Waals surface area contributed by atoms with Crippen LogP contribution in [-0.2, 0) is 0 Å². The molecule has 0 fully saturated rings. The third kappa shape index (κ3) is 1.23. The highest BCUT2D eigenvalue weighted by molar-refractivity contribution is 5.76. The molecule has 6 heteroatoms. The smallest absolute Gasteiger partial charge is 0.154 e. The Labute approximate surface area is 99.1 Å². The average Bonchev–Trinajstić information content (AvgIpc) is 2.68. The summed E-state index contributed by atoms with van der Waals surface area (Å²) in [5.41, 5.74) is 7.80. The number of hydrogen-bond acceptors (Lipinski definition) is 5. The van der Waals surface area contributed by atoms with Crippen LogP contribution in [0.25, 0.3) is 5.69 Å². The summed E-state index contributed by atoms with van der Waals surface area (Å²) in [5, 5.41) is 4.41. The first kappa shape index (κ1) is 10.1. The van der Waals surface area contributed by atoms with E-state index in [9.17, 15) is 0 Å². The van der Waals surface area contributed by atoms with Gasteiger partial charge in [0.15, 0.2) is 5.82 Å². The van der Waals surface area contributed by atoms with Crippen LogP contribution >= 0.6 is 0 Å². The van der Waals surface area contributed by atoms with Crippen LogP contribution in [0.3, 0.4) is 0 Å². The first-order chi connectivity index (χ1) is 8.09. The molecular formula is C11H14N6. The summed E-state index contributed by atoms with van der Waals surface area (Å²) in [5.74, 6) is 2.22. The van der Waals surface area contributed by atoms with Gasteiger partial charge in [0.05, 0.1) is 11.7 Å². The van der Waals surface area contributed by atoms with Crippen molar-refractivity contribution in [2.45, 2.75) is 19.9 Å². The first-order valence-corrected chi connectivity index (χ1v) is 5.51. The zero-order valence-corrected chi connectivity index (χ0v) is 10.0. The van der Waals surface area contributed by atoms with Crippen molar-refractivity contribution in [1.29, 1.82) is 0 Å². The molecule has 1 aliphatic heterocycles. The number of pyridine rings is 1. The van der Waals surface area contributed by atoms with Crippen LogP contribution in [-0.4, -0.2) is 26.8 Å². The van der Waals surface area contributed by atoms with E-state index in [2.05, 4.69) is 26.9 Å². The van der Waals surface area contributed by atoms with Crippen molar-refractivity contribution >= 4 is 11.5 Å². The van der Waals surface area contributed by atoms with Gasteiger partial charge in [-0.05, 0) is 19.9 Å². The second kappa shape index (κ2) is 3.19. The Kier molecular flexibility index (Phi) is 1.89. The van der Waals surface area contributed by atoms with Crippen molar-refractivity contribution in [1.82, 2.24) is 19.7 Å². The topological polar surface area (TPSA) is 72.9 Å². The van der Waals surface area contributed by atoms with Gasteiger partial charge in [-0.2, -0.15) is 5.10 Å². The summed E-state index contributed by atoms with van der Waals surface area (Å²) in [7, 11) is 2.00. The molecule has 2 N–H and O–H groups in total. The largest absolute Gasteiger partial charge is 0.382 e. The number of nitrogen functional groups attached to an aromatic ring is 1. The Hall–Kier alpha value is -2.11. The van der Waals surface area contributed by atoms with E-state index in [1.807, 2.05) is 24.7 Å². The lowest BCUT2D eigenvalue weighted by atomic mass is 10.1. The van der Waals surface area contributed by atoms with Crippen LogP contribution in [0, 0.1) is 6.92 Å². The Bertz CT molecular complexity index is 588. The molecule has 6 nitrogen and oxygen atoms in total. The number of hydrogen-bond donors (Lipinski definition) is 1. The number of anilines is 2. The molecule has 3 rings (SSSR count). The lowest BCUT2D eigenvalue weighted by molar-refractivity contribution is 0.622. The van der Waals surface area contributed by atoms with Gasteiger partial charge in [-0.25, -0.2) is 14.6 Å². The molecule has 2 aromatic heterocycles. The Balaban J connectivity index is 2.35. The molecule has 0 bridgehead atoms. The van der Waals surface area contributed by atoms with E-state index in [1.54, 1.807) is 6.20 Å². The second-order valence-electron chi connectivity index (χ2n) is 4.28. The van der Waals surface area contributed by atoms with E-state index in [1.165, 1.54) is 0 Å². The standard InChI is InChI=1S/C11H14N6/c1-6-11-14-7(2)15-17(11)8-4-5-13-10(12)9(8)16(6)3/h4-6H,1-3H3,(H2,12,13)/t6-/m0/s1. The van der Waals surface area contributed by atoms with E-state index in [-0.39, 0.29) is 6.04 Å². The van der Waals surface area contributed by atoms with E-state index in [0.717, 1.165) is 23.0 Å². The van der Waals surface area contributed by atoms with Crippen molar-refractivity contribution in [3.63, 3.8) is 0 Å². The lowest BCUT2D eigenvalue weighted by Crippen LogP contribution is -2.31. The van der Waals surface area contributed by atoms with Gasteiger partial charge < -0.3 is 10.6 Å². The summed E-state index contributed by atoms with van der Waals surface area (Å²) >= 11 is 0. The fourth-order valence-corrected chi connectivity index (χ4v) is 2.24. The molecule has 2 aromatic rings. The van der Waals surface area contributed by atoms with Gasteiger partial charge in [-0.1, -0.05) is 0 Å². The molecule has 3 heterocycles. The summed E-state index contributed by atoms with van der Waals surface area (Å²) in [6, 6.07) is 2.04. The molecule has 0 amide bonds. The van der Waals surface area contributed by atoms with Gasteiger partial charge in [-0.3, -0.25) is 0 Å². The fraction of sp³-hybridized carbons (Fsp3) is 0.364. The van der Waals surface area contributed by atoms with Crippen LogP contribution in [0.4, 0.5) is 11.5 Å². The van der Waals surface area contributed by atoms with Crippen LogP contribution in [0.1, 0.15) is 24.6 Å². The monoisotopic (exact) mass is 230 g/mol. The van der Waals surface area contributed by atoms with E-state index in [4.69, 9.17) is 5.73 Å². The molecule has 0 radical (unpaired) electrons. The normalized spacial score (nSPS) is 17.8. The summed E-state index contributed by atoms with van der Waals surface area (Å²) in [4.78, 5) is 10.7. The summed E-state index contributed by atoms with van der Waals surface area (Å²) in [6.07, 6.45) is 1.69. The second-order valence-corrected chi connectivity index (χ2v) is 4.28. The fourth-order valence-electron chi connectivity index (χ4n) is 2.24. The maximum atomic E-state index is 5.94. The van der Waals surface area contributed by atoms with Gasteiger partial charge in [0, 0.05) is 13.2 Å². The first-order valence-electron chi connectivity index (χ1n) is 5.51. The van der Waals surface area contributed by atoms with Gasteiger partial charge in [-0.15, -0.1) is 0 Å². The average molecular weight is 230 g/mol. The van der Waals surface area contributed by atoms with Crippen molar-refractivity contribution < 1.29 is 0 Å². The van der Waals surface area contributed by atoms with Crippen molar-refractivity contribution in [2.75, 3.05) is 17.7 Å². The molecule has 88 valence electrons. The zero-order valence-electron chi connectivity index (χ0n) is 10.0. The van der Waals surface area contributed by atoms with Crippen molar-refractivity contribution in [3.05, 3.63) is 23.9 Å². The van der Waals surface area contributed by atoms with Crippen molar-refractivity contribution in [3.8, 4) is 5.69 Å². The van der Waals surface area contributed by atoms with Crippen molar-refractivity contribution in [2.24, 2.45) is 0 Å². The van der Waals surface area contributed by atoms with Crippen LogP contribution < -0.4 is 10.6 Å². The van der Waals surface area contributed by atoms with Gasteiger partial charge in [0.2, 0.25) is 0 Å². The molecule has 17 heavy (non-hydrogen) atoms. The molecule has 0 aromatic carbocycles. The Morgan fingerprint density at radius 1 is 1.41 bits per heavy atom. The summed E-state index contributed by atoms with van der Waals surface area (Å²) in [6.45, 7) is 3.97. The number of aryl methyl sites for hydroxylation is 1. The highest BCUT2D eigenvalue weighted by Gasteiger charge is 2.30. The molecule has 0 saturated heterocycles. The minimum atomic E-state index is 0.134. The summed E-state index contributed by atoms with van der Waals surface area (Å²) < 4.78 is 1.85. The molecule has 0 aliphatic carbocycles. The molecule has 1 aliphatic rings. The minimum Gasteiger partial charge on any atom is -0.382 e. The number of nitrogens with two attached hydrogens (primary N) is 1. The quantitative estimate of drug-likeness (QED) is 0.732. The van der Waals surface area contributed by atoms with E-state index in [0.29, 0.717) is 5.82 Å².